The van der Waals surface area contributed by atoms with Gasteiger partial charge in [0.25, 0.3) is 0 Å². The van der Waals surface area contributed by atoms with Gasteiger partial charge in [0.2, 0.25) is 0 Å². The van der Waals surface area contributed by atoms with Gasteiger partial charge < -0.3 is 4.74 Å². The van der Waals surface area contributed by atoms with Gasteiger partial charge in [-0.2, -0.15) is 0 Å². The summed E-state index contributed by atoms with van der Waals surface area (Å²) in [5.41, 5.74) is 3.21. The van der Waals surface area contributed by atoms with Gasteiger partial charge in [0.15, 0.2) is 17.2 Å². The first kappa shape index (κ1) is 11.0. The van der Waals surface area contributed by atoms with Gasteiger partial charge in [0, 0.05) is 6.08 Å². The van der Waals surface area contributed by atoms with Crippen molar-refractivity contribution in [3.63, 3.8) is 0 Å². The first-order valence-electron chi connectivity index (χ1n) is 6.56. The Morgan fingerprint density at radius 2 is 1.50 bits per heavy atom. The van der Waals surface area contributed by atoms with Crippen LogP contribution in [0.4, 0.5) is 11.4 Å². The van der Waals surface area contributed by atoms with Crippen molar-refractivity contribution in [1.29, 1.82) is 0 Å². The van der Waals surface area contributed by atoms with Gasteiger partial charge in [-0.15, -0.1) is 0 Å². The van der Waals surface area contributed by atoms with E-state index >= 15 is 0 Å². The predicted octanol–water partition coefficient (Wildman–Crippen LogP) is 4.74. The van der Waals surface area contributed by atoms with E-state index in [1.54, 1.807) is 0 Å². The summed E-state index contributed by atoms with van der Waals surface area (Å²) < 4.78 is 5.98. The zero-order valence-corrected chi connectivity index (χ0v) is 10.8. The molecule has 4 rings (SSSR count). The molecule has 1 heterocycles. The van der Waals surface area contributed by atoms with Gasteiger partial charge in [-0.3, -0.25) is 4.90 Å². The van der Waals surface area contributed by atoms with E-state index in [2.05, 4.69) is 35.3 Å². The maximum absolute atomic E-state index is 5.98. The van der Waals surface area contributed by atoms with Crippen LogP contribution in [0.5, 0.6) is 11.5 Å². The van der Waals surface area contributed by atoms with Crippen molar-refractivity contribution in [2.75, 3.05) is 4.90 Å². The minimum atomic E-state index is 0.874. The van der Waals surface area contributed by atoms with Gasteiger partial charge in [-0.25, -0.2) is 0 Å². The third-order valence-corrected chi connectivity index (χ3v) is 3.39. The number of hydrogen-bond acceptors (Lipinski definition) is 2. The Hall–Kier alpha value is -2.83. The average Bonchev–Trinajstić information content (AvgIpc) is 2.53. The summed E-state index contributed by atoms with van der Waals surface area (Å²) in [5.74, 6) is 1.75. The molecule has 0 N–H and O–H groups in total. The monoisotopic (exact) mass is 258 g/mol. The molecule has 0 unspecified atom stereocenters. The molecule has 0 amide bonds. The molecule has 1 aliphatic carbocycles. The number of para-hydroxylation sites is 4. The maximum Gasteiger partial charge on any atom is 0.160 e. The highest BCUT2D eigenvalue weighted by atomic mass is 16.5. The normalized spacial score (nSPS) is 14.8. The van der Waals surface area contributed by atoms with Crippen LogP contribution in [0.2, 0.25) is 0 Å². The Bertz CT molecular complexity index is 710. The largest absolute Gasteiger partial charge is 0.453 e. The summed E-state index contributed by atoms with van der Waals surface area (Å²) in [6.07, 6.45) is 11.0. The molecule has 0 radical (unpaired) electrons. The summed E-state index contributed by atoms with van der Waals surface area (Å²) in [6.45, 7) is 0. The Morgan fingerprint density at radius 1 is 0.850 bits per heavy atom. The number of ether oxygens (including phenoxy) is 1. The minimum absolute atomic E-state index is 0.874. The fourth-order valence-electron chi connectivity index (χ4n) is 2.51. The van der Waals surface area contributed by atoms with E-state index in [-0.39, 0.29) is 0 Å². The van der Waals surface area contributed by atoms with Crippen LogP contribution in [0, 0.1) is 6.08 Å². The molecule has 2 aromatic rings. The number of rotatable bonds is 1. The average molecular weight is 258 g/mol. The highest BCUT2D eigenvalue weighted by Gasteiger charge is 2.27. The molecule has 0 saturated heterocycles. The topological polar surface area (TPSA) is 12.5 Å². The molecule has 2 heteroatoms. The van der Waals surface area contributed by atoms with Crippen LogP contribution in [0.1, 0.15) is 0 Å². The number of hydrogen-bond donors (Lipinski definition) is 0. The van der Waals surface area contributed by atoms with E-state index < -0.39 is 0 Å². The molecule has 1 aliphatic heterocycles. The molecule has 0 atom stereocenters. The molecular weight excluding hydrogens is 246 g/mol. The molecule has 0 spiro atoms. The molecule has 2 nitrogen and oxygen atoms in total. The summed E-state index contributed by atoms with van der Waals surface area (Å²) in [4.78, 5) is 2.21. The van der Waals surface area contributed by atoms with Gasteiger partial charge in [-0.1, -0.05) is 24.3 Å². The number of fused-ring (bicyclic) bond motifs is 2. The van der Waals surface area contributed by atoms with Gasteiger partial charge in [0.05, 0.1) is 23.5 Å². The van der Waals surface area contributed by atoms with Crippen molar-refractivity contribution in [2.24, 2.45) is 0 Å². The molecule has 0 aromatic heterocycles. The quantitative estimate of drug-likeness (QED) is 0.685. The van der Waals surface area contributed by atoms with E-state index in [9.17, 15) is 0 Å². The van der Waals surface area contributed by atoms with Crippen LogP contribution < -0.4 is 9.64 Å². The van der Waals surface area contributed by atoms with E-state index in [0.717, 1.165) is 28.6 Å². The zero-order valence-electron chi connectivity index (χ0n) is 10.8. The van der Waals surface area contributed by atoms with Crippen LogP contribution >= 0.6 is 0 Å². The third kappa shape index (κ3) is 1.63. The molecule has 94 valence electrons. The van der Waals surface area contributed by atoms with Crippen molar-refractivity contribution in [2.45, 2.75) is 0 Å². The Balaban J connectivity index is 1.95. The minimum Gasteiger partial charge on any atom is -0.453 e. The third-order valence-electron chi connectivity index (χ3n) is 3.39. The van der Waals surface area contributed by atoms with E-state index in [0.29, 0.717) is 0 Å². The highest BCUT2D eigenvalue weighted by molar-refractivity contribution is 5.82. The van der Waals surface area contributed by atoms with E-state index in [4.69, 9.17) is 4.74 Å². The van der Waals surface area contributed by atoms with Crippen molar-refractivity contribution in [3.05, 3.63) is 84.6 Å². The number of nitrogens with zero attached hydrogens (tertiary/aromatic N) is 1. The second kappa shape index (κ2) is 4.37. The number of anilines is 2. The van der Waals surface area contributed by atoms with E-state index in [1.165, 1.54) is 0 Å². The second-order valence-electron chi connectivity index (χ2n) is 4.63. The first-order valence-corrected chi connectivity index (χ1v) is 6.56. The number of allylic oxidation sites excluding steroid dienone is 5. The summed E-state index contributed by atoms with van der Waals surface area (Å²) >= 11 is 0. The summed E-state index contributed by atoms with van der Waals surface area (Å²) in [7, 11) is 0. The number of benzene rings is 2. The fourth-order valence-corrected chi connectivity index (χ4v) is 2.51. The lowest BCUT2D eigenvalue weighted by Crippen LogP contribution is -2.19. The summed E-state index contributed by atoms with van der Waals surface area (Å²) in [5, 5.41) is 0. The van der Waals surface area contributed by atoms with Crippen molar-refractivity contribution >= 4 is 11.4 Å². The molecule has 20 heavy (non-hydrogen) atoms. The summed E-state index contributed by atoms with van der Waals surface area (Å²) in [6, 6.07) is 16.2. The van der Waals surface area contributed by atoms with Crippen LogP contribution in [0.15, 0.2) is 78.5 Å². The highest BCUT2D eigenvalue weighted by Crippen LogP contribution is 2.48. The molecular formula is C18H12NO+. The smallest absolute Gasteiger partial charge is 0.160 e. The fraction of sp³-hybridized carbons (Fsp3) is 0. The second-order valence-corrected chi connectivity index (χ2v) is 4.63. The Morgan fingerprint density at radius 3 is 2.10 bits per heavy atom. The SMILES string of the molecule is [C+]1=CC=C(N2c3ccccc3Oc3ccccc32)C=C1. The predicted molar refractivity (Wildman–Crippen MR) is 80.1 cm³/mol. The first-order chi connectivity index (χ1) is 9.93. The molecule has 0 bridgehead atoms. The standard InChI is InChI=1S/C18H12NO/c1-2-8-14(9-3-1)19-15-10-4-6-12-17(15)20-18-13-7-5-11-16(18)19/h2-13H/q+1. The van der Waals surface area contributed by atoms with Crippen LogP contribution in [-0.2, 0) is 0 Å². The molecule has 2 aromatic carbocycles. The van der Waals surface area contributed by atoms with Gasteiger partial charge in [-0.05, 0) is 24.3 Å². The molecule has 0 fully saturated rings. The van der Waals surface area contributed by atoms with Crippen molar-refractivity contribution in [1.82, 2.24) is 0 Å². The van der Waals surface area contributed by atoms with E-state index in [1.807, 2.05) is 48.6 Å². The van der Waals surface area contributed by atoms with Crippen molar-refractivity contribution in [3.8, 4) is 11.5 Å². The van der Waals surface area contributed by atoms with Gasteiger partial charge in [0.1, 0.15) is 12.2 Å². The van der Waals surface area contributed by atoms with Crippen LogP contribution in [-0.4, -0.2) is 0 Å². The Kier molecular flexibility index (Phi) is 2.41. The molecule has 0 saturated carbocycles. The van der Waals surface area contributed by atoms with Gasteiger partial charge >= 0.3 is 0 Å². The Labute approximate surface area is 117 Å². The molecule has 2 aliphatic rings. The van der Waals surface area contributed by atoms with Crippen LogP contribution in [0.25, 0.3) is 0 Å². The van der Waals surface area contributed by atoms with Crippen molar-refractivity contribution < 1.29 is 4.74 Å². The van der Waals surface area contributed by atoms with Crippen LogP contribution in [0.3, 0.4) is 0 Å². The lowest BCUT2D eigenvalue weighted by atomic mass is 10.1. The lowest BCUT2D eigenvalue weighted by molar-refractivity contribution is 0.476. The zero-order chi connectivity index (χ0) is 13.4. The maximum atomic E-state index is 5.98. The lowest BCUT2D eigenvalue weighted by Gasteiger charge is -2.31.